The molecule has 0 aromatic heterocycles. The van der Waals surface area contributed by atoms with Crippen LogP contribution < -0.4 is 2720 Å². The van der Waals surface area contributed by atoms with E-state index in [1.165, 1.54) is 0 Å². The van der Waals surface area contributed by atoms with E-state index in [1.807, 2.05) is 0 Å². The van der Waals surface area contributed by atoms with E-state index in [9.17, 15) is 0 Å². The van der Waals surface area contributed by atoms with E-state index in [-0.39, 0.29) is 2720 Å². The van der Waals surface area contributed by atoms with Crippen molar-refractivity contribution in [2.75, 3.05) is 0 Å². The van der Waals surface area contributed by atoms with E-state index >= 15 is 0 Å². The first kappa shape index (κ1) is 720. The van der Waals surface area contributed by atoms with Crippen molar-refractivity contribution in [1.82, 2.24) is 0 Å². The maximum Gasteiger partial charge on any atom is 1.00 e. The third-order valence-electron chi connectivity index (χ3n) is 0. The second kappa shape index (κ2) is 634. The van der Waals surface area contributed by atoms with Crippen molar-refractivity contribution in [3.8, 4) is 0 Å². The summed E-state index contributed by atoms with van der Waals surface area (Å²) < 4.78 is 26.6. The second-order valence-corrected chi connectivity index (χ2v) is 4.62. The van der Waals surface area contributed by atoms with Gasteiger partial charge in [-0.2, -0.15) is 0 Å². The van der Waals surface area contributed by atoms with Crippen molar-refractivity contribution >= 4 is 23.5 Å². The summed E-state index contributed by atoms with van der Waals surface area (Å²) in [6.07, 6.45) is 0. The van der Waals surface area contributed by atoms with Gasteiger partial charge in [-0.15, -0.1) is 0 Å². The minimum atomic E-state index is -4.64. The van der Waals surface area contributed by atoms with Crippen molar-refractivity contribution in [1.29, 1.82) is 0 Å². The van der Waals surface area contributed by atoms with Crippen molar-refractivity contribution in [2.24, 2.45) is 0 Å². The summed E-state index contributed by atoms with van der Waals surface area (Å²) in [4.78, 5) is 64.7. The molecule has 0 aliphatic carbocycles. The predicted octanol–water partition coefficient (Wildman–Crippen LogP) is -278. The molecule has 9 N–H and O–H groups in total. The van der Waals surface area contributed by atoms with Gasteiger partial charge in [-0.05, 0) is 0 Å². The Labute approximate surface area is 2700 Å². The van der Waals surface area contributed by atoms with E-state index in [0.717, 1.165) is 0 Å². The smallest absolute Gasteiger partial charge is 0.303 e. The Morgan fingerprint density at radius 3 is 0.0654 bits per heavy atom. The topological polar surface area (TPSA) is 233 Å². The standard InChI is InChI=1S/92Na.3H3O4P/c;;;;;;;;;;;;;;;;;;;;;;;;;;;;;;;;;;;;;;;;;;;;;;;;;;;;;;;;;;;;;;;;;;;;;;;;;;;;;;;;;;;;;;;;;;;;3*1-5(2,3)4/h;;;;;;;;;;;;;;;;;;;;;;;;;;;;;;;;;;;;;;;;;;;;;;;;;;;;;;;;;;;;;;;;;;;;;;;;;;;;;;;;;;;;;;;;;;;;3*(H3,1,2,3,4)/q92*+1;;;. The zero-order valence-electron chi connectivity index (χ0n) is 98.6. The van der Waals surface area contributed by atoms with Gasteiger partial charge in [0.25, 0.3) is 0 Å². The molecule has 0 unspecified atom stereocenters. The van der Waals surface area contributed by atoms with Gasteiger partial charge >= 0.3 is 2740 Å². The molecule has 0 rings (SSSR count). The number of hydrogen-bond acceptors (Lipinski definition) is 3. The van der Waals surface area contributed by atoms with Gasteiger partial charge in [-0.1, -0.05) is 0 Å². The van der Waals surface area contributed by atoms with Crippen molar-refractivity contribution in [3.63, 3.8) is 0 Å². The Morgan fingerprint density at radius 1 is 0.0654 bits per heavy atom. The molecule has 0 amide bonds. The van der Waals surface area contributed by atoms with Gasteiger partial charge in [0.2, 0.25) is 0 Å². The fourth-order valence-corrected chi connectivity index (χ4v) is 0. The van der Waals surface area contributed by atoms with Crippen molar-refractivity contribution in [2.45, 2.75) is 0 Å². The molecule has 0 heterocycles. The van der Waals surface area contributed by atoms with E-state index in [4.69, 9.17) is 57.7 Å². The number of hydrogen-bond donors (Lipinski definition) is 9. The molecule has 0 aromatic carbocycles. The molecule has 0 saturated heterocycles. The van der Waals surface area contributed by atoms with Crippen LogP contribution in [0.25, 0.3) is 0 Å². The molecule has 0 fully saturated rings. The van der Waals surface area contributed by atoms with Crippen LogP contribution in [0, 0.1) is 0 Å². The van der Waals surface area contributed by atoms with Crippen LogP contribution in [0.4, 0.5) is 0 Å². The SMILES string of the molecule is O=P(O)(O)O.O=P(O)(O)O.O=P(O)(O)O.[Na+].[Na+].[Na+].[Na+].[Na+].[Na+].[Na+].[Na+].[Na+].[Na+].[Na+].[Na+].[Na+].[Na+].[Na+].[Na+].[Na+].[Na+].[Na+].[Na+].[Na+].[Na+].[Na+].[Na+].[Na+].[Na+].[Na+].[Na+].[Na+].[Na+].[Na+].[Na+].[Na+].[Na+].[Na+].[Na+].[Na+].[Na+].[Na+].[Na+].[Na+].[Na+].[Na+].[Na+].[Na+].[Na+].[Na+].[Na+].[Na+].[Na+].[Na+].[Na+].[Na+].[Na+].[Na+].[Na+].[Na+].[Na+].[Na+].[Na+].[Na+].[Na+].[Na+].[Na+].[Na+].[Na+].[Na+].[Na+].[Na+].[Na+].[Na+].[Na+].[Na+].[Na+].[Na+].[Na+].[Na+].[Na+].[Na+].[Na+].[Na+].[Na+].[Na+].[Na+].[Na+].[Na+].[Na+].[Na+].[Na+].[Na+].[Na+].[Na+]. The van der Waals surface area contributed by atoms with Gasteiger partial charge in [-0.3, -0.25) is 0 Å². The molecule has 0 bridgehead atoms. The molecule has 0 saturated carbocycles. The van der Waals surface area contributed by atoms with Gasteiger partial charge in [0.05, 0.1) is 0 Å². The van der Waals surface area contributed by atoms with Gasteiger partial charge < -0.3 is 44.0 Å². The Bertz CT molecular complexity index is 259. The fraction of sp³-hybridized carbons (Fsp3) is 0. The van der Waals surface area contributed by atoms with E-state index in [0.29, 0.717) is 0 Å². The number of rotatable bonds is 0. The monoisotopic (exact) mass is 2410 g/mol. The van der Waals surface area contributed by atoms with E-state index in [2.05, 4.69) is 0 Å². The summed E-state index contributed by atoms with van der Waals surface area (Å²) in [6, 6.07) is 0. The Kier molecular flexibility index (Phi) is 4270. The third-order valence-corrected chi connectivity index (χ3v) is 0. The summed E-state index contributed by atoms with van der Waals surface area (Å²) in [5.74, 6) is 0. The Balaban J connectivity index is -0.000000000152. The van der Waals surface area contributed by atoms with Crippen LogP contribution in [0.2, 0.25) is 0 Å². The molecule has 12 nitrogen and oxygen atoms in total. The van der Waals surface area contributed by atoms with Gasteiger partial charge in [0.1, 0.15) is 0 Å². The summed E-state index contributed by atoms with van der Waals surface area (Å²) >= 11 is 0. The molecular formula is H9Na92O12P3+92. The average Bonchev–Trinajstić information content (AvgIpc) is 1.41. The summed E-state index contributed by atoms with van der Waals surface area (Å²) in [7, 11) is -13.9. The van der Waals surface area contributed by atoms with Crippen LogP contribution in [-0.4, -0.2) is 44.0 Å². The van der Waals surface area contributed by atoms with Crippen LogP contribution >= 0.6 is 23.5 Å². The Morgan fingerprint density at radius 2 is 0.0654 bits per heavy atom. The first-order chi connectivity index (χ1) is 6.00. The summed E-state index contributed by atoms with van der Waals surface area (Å²) in [5.41, 5.74) is 0. The molecule has 107 heteroatoms. The first-order valence-corrected chi connectivity index (χ1v) is 7.04. The molecule has 0 atom stereocenters. The normalized spacial score (nSPS) is 1.65. The van der Waals surface area contributed by atoms with Crippen LogP contribution in [0.3, 0.4) is 0 Å². The third kappa shape index (κ3) is 897. The van der Waals surface area contributed by atoms with Crippen LogP contribution in [0.15, 0.2) is 0 Å². The Hall–Kier alpha value is 92.3. The molecule has 0 aliphatic rings. The molecule has 0 aromatic rings. The molecule has 96 valence electrons. The predicted molar refractivity (Wildman–Crippen MR) is 42.8 cm³/mol. The largest absolute Gasteiger partial charge is 1.00 e. The zero-order valence-corrected chi connectivity index (χ0v) is 285. The minimum absolute atomic E-state index is 0. The van der Waals surface area contributed by atoms with Gasteiger partial charge in [-0.25, -0.2) is 13.7 Å². The first-order valence-electron chi connectivity index (χ1n) is 2.35. The molecule has 0 spiro atoms. The maximum atomic E-state index is 8.88. The van der Waals surface area contributed by atoms with Gasteiger partial charge in [0, 0.05) is 0 Å². The quantitative estimate of drug-likeness (QED) is 0.0814. The average molecular weight is 2410 g/mol. The maximum absolute atomic E-state index is 8.88. The zero-order chi connectivity index (χ0) is 13.5. The van der Waals surface area contributed by atoms with Crippen molar-refractivity contribution < 1.29 is 2780 Å². The summed E-state index contributed by atoms with van der Waals surface area (Å²) in [6.45, 7) is 0. The van der Waals surface area contributed by atoms with E-state index in [1.54, 1.807) is 0 Å². The van der Waals surface area contributed by atoms with Crippen molar-refractivity contribution in [3.05, 3.63) is 0 Å². The minimum Gasteiger partial charge on any atom is -0.303 e. The fourth-order valence-electron chi connectivity index (χ4n) is 0. The van der Waals surface area contributed by atoms with E-state index < -0.39 is 23.5 Å². The second-order valence-electron chi connectivity index (χ2n) is 1.54. The molecule has 0 aliphatic heterocycles. The summed E-state index contributed by atoms with van der Waals surface area (Å²) in [5, 5.41) is 0. The number of phosphoric acid groups is 3. The molecular weight excluding hydrogens is 2400 g/mol. The van der Waals surface area contributed by atoms with Crippen LogP contribution in [0.5, 0.6) is 0 Å². The molecule has 107 heavy (non-hydrogen) atoms. The van der Waals surface area contributed by atoms with Crippen LogP contribution in [-0.2, 0) is 13.7 Å². The molecule has 0 radical (unpaired) electrons. The van der Waals surface area contributed by atoms with Crippen LogP contribution in [0.1, 0.15) is 0 Å². The van der Waals surface area contributed by atoms with Gasteiger partial charge in [0.15, 0.2) is 0 Å².